The number of urea groups is 1. The van der Waals surface area contributed by atoms with Gasteiger partial charge in [0.1, 0.15) is 17.1 Å². The number of hydrogen-bond acceptors (Lipinski definition) is 7. The zero-order valence-corrected chi connectivity index (χ0v) is 23.3. The molecule has 3 atom stereocenters. The fourth-order valence-corrected chi connectivity index (χ4v) is 5.60. The van der Waals surface area contributed by atoms with Crippen molar-refractivity contribution in [3.05, 3.63) is 90.0 Å². The Morgan fingerprint density at radius 2 is 1.67 bits per heavy atom. The van der Waals surface area contributed by atoms with Crippen LogP contribution in [0.15, 0.2) is 89.1 Å². The minimum absolute atomic E-state index is 0.0492. The van der Waals surface area contributed by atoms with E-state index in [1.165, 1.54) is 7.11 Å². The standard InChI is InChI=1S/C32H30N6O5/c1-43-27-16-19(30(40)33-20-8-3-2-4-9-20)11-13-25(27)37-38-28-22-10-6-5-7-18(22)15-23(29(28)39)31(41)34-21-12-14-24-26(17-21)36-32(42)35-24/h2-11,13,15-16,21,24,26,39H,12,14,17H2,1H3,(H,33,40)(H,34,41)(H2,35,36,42). The summed E-state index contributed by atoms with van der Waals surface area (Å²) < 4.78 is 5.48. The van der Waals surface area contributed by atoms with Crippen LogP contribution in [0.1, 0.15) is 40.0 Å². The normalized spacial score (nSPS) is 19.4. The van der Waals surface area contributed by atoms with Gasteiger partial charge in [-0.05, 0) is 61.0 Å². The second-order valence-electron chi connectivity index (χ2n) is 10.6. The second kappa shape index (κ2) is 11.8. The van der Waals surface area contributed by atoms with Crippen molar-refractivity contribution in [2.24, 2.45) is 10.2 Å². The summed E-state index contributed by atoms with van der Waals surface area (Å²) in [5.74, 6) is -0.740. The van der Waals surface area contributed by atoms with Crippen molar-refractivity contribution in [3.8, 4) is 11.5 Å². The van der Waals surface area contributed by atoms with Gasteiger partial charge in [0.05, 0.1) is 24.8 Å². The molecule has 43 heavy (non-hydrogen) atoms. The highest BCUT2D eigenvalue weighted by Gasteiger charge is 2.37. The minimum Gasteiger partial charge on any atom is -0.505 e. The molecule has 0 spiro atoms. The van der Waals surface area contributed by atoms with Crippen LogP contribution in [0.4, 0.5) is 21.9 Å². The fourth-order valence-electron chi connectivity index (χ4n) is 5.60. The number of rotatable bonds is 7. The molecule has 1 saturated carbocycles. The maximum Gasteiger partial charge on any atom is 0.315 e. The summed E-state index contributed by atoms with van der Waals surface area (Å²) in [7, 11) is 1.46. The van der Waals surface area contributed by atoms with Crippen molar-refractivity contribution in [1.29, 1.82) is 0 Å². The number of methoxy groups -OCH3 is 1. The van der Waals surface area contributed by atoms with Crippen LogP contribution in [-0.4, -0.2) is 48.2 Å². The number of anilines is 1. The number of aromatic hydroxyl groups is 1. The number of ether oxygens (including phenoxy) is 1. The van der Waals surface area contributed by atoms with Crippen molar-refractivity contribution in [2.75, 3.05) is 12.4 Å². The third-order valence-electron chi connectivity index (χ3n) is 7.79. The number of phenols is 1. The molecule has 4 amide bonds. The van der Waals surface area contributed by atoms with E-state index in [2.05, 4.69) is 31.5 Å². The van der Waals surface area contributed by atoms with Gasteiger partial charge in [-0.1, -0.05) is 42.5 Å². The molecule has 1 aliphatic carbocycles. The van der Waals surface area contributed by atoms with E-state index in [4.69, 9.17) is 4.74 Å². The molecular weight excluding hydrogens is 548 g/mol. The molecule has 3 unspecified atom stereocenters. The molecular formula is C32H30N6O5. The number of carbonyl (C=O) groups is 3. The number of phenolic OH excluding ortho intramolecular Hbond substituents is 1. The monoisotopic (exact) mass is 578 g/mol. The minimum atomic E-state index is -0.438. The fraction of sp³-hybridized carbons (Fsp3) is 0.219. The van der Waals surface area contributed by atoms with Crippen LogP contribution in [0.3, 0.4) is 0 Å². The summed E-state index contributed by atoms with van der Waals surface area (Å²) in [6.07, 6.45) is 2.04. The topological polar surface area (TPSA) is 154 Å². The molecule has 11 heteroatoms. The third-order valence-corrected chi connectivity index (χ3v) is 7.79. The summed E-state index contributed by atoms with van der Waals surface area (Å²) in [4.78, 5) is 37.8. The largest absolute Gasteiger partial charge is 0.505 e. The van der Waals surface area contributed by atoms with E-state index < -0.39 is 5.91 Å². The van der Waals surface area contributed by atoms with Crippen LogP contribution < -0.4 is 26.0 Å². The van der Waals surface area contributed by atoms with Gasteiger partial charge in [-0.15, -0.1) is 10.2 Å². The zero-order valence-electron chi connectivity index (χ0n) is 23.3. The van der Waals surface area contributed by atoms with E-state index in [0.29, 0.717) is 46.3 Å². The summed E-state index contributed by atoms with van der Waals surface area (Å²) in [6.45, 7) is 0. The Kier molecular flexibility index (Phi) is 7.61. The van der Waals surface area contributed by atoms with E-state index >= 15 is 0 Å². The van der Waals surface area contributed by atoms with Crippen LogP contribution in [0.5, 0.6) is 11.5 Å². The first kappa shape index (κ1) is 27.7. The lowest BCUT2D eigenvalue weighted by Gasteiger charge is -2.31. The van der Waals surface area contributed by atoms with Crippen LogP contribution in [0.2, 0.25) is 0 Å². The van der Waals surface area contributed by atoms with Gasteiger partial charge in [0.15, 0.2) is 5.75 Å². The molecule has 11 nitrogen and oxygen atoms in total. The number of nitrogens with zero attached hydrogens (tertiary/aromatic N) is 2. The molecule has 0 bridgehead atoms. The molecule has 5 N–H and O–H groups in total. The first-order valence-corrected chi connectivity index (χ1v) is 14.0. The molecule has 1 aliphatic heterocycles. The molecule has 0 aromatic heterocycles. The van der Waals surface area contributed by atoms with Gasteiger partial charge in [0, 0.05) is 22.7 Å². The number of benzene rings is 4. The predicted octanol–water partition coefficient (Wildman–Crippen LogP) is 5.55. The molecule has 6 rings (SSSR count). The quantitative estimate of drug-likeness (QED) is 0.182. The van der Waals surface area contributed by atoms with E-state index in [1.807, 2.05) is 36.4 Å². The molecule has 1 saturated heterocycles. The van der Waals surface area contributed by atoms with Crippen molar-refractivity contribution >= 4 is 45.7 Å². The second-order valence-corrected chi connectivity index (χ2v) is 10.6. The first-order valence-electron chi connectivity index (χ1n) is 14.0. The average molecular weight is 579 g/mol. The van der Waals surface area contributed by atoms with Crippen LogP contribution >= 0.6 is 0 Å². The van der Waals surface area contributed by atoms with E-state index in [-0.39, 0.29) is 47.1 Å². The Balaban J connectivity index is 1.26. The Morgan fingerprint density at radius 1 is 0.907 bits per heavy atom. The summed E-state index contributed by atoms with van der Waals surface area (Å²) in [6, 6.07) is 22.4. The SMILES string of the molecule is COc1cc(C(=O)Nc2ccccc2)ccc1N=Nc1c(O)c(C(=O)NC2CCC3NC(=O)NC3C2)cc2ccccc12. The molecule has 0 radical (unpaired) electrons. The van der Waals surface area contributed by atoms with Gasteiger partial charge in [-0.3, -0.25) is 9.59 Å². The van der Waals surface area contributed by atoms with Gasteiger partial charge < -0.3 is 31.1 Å². The number of carbonyl (C=O) groups excluding carboxylic acids is 3. The number of fused-ring (bicyclic) bond motifs is 2. The highest BCUT2D eigenvalue weighted by Crippen LogP contribution is 2.40. The van der Waals surface area contributed by atoms with E-state index in [9.17, 15) is 19.5 Å². The first-order chi connectivity index (χ1) is 20.9. The average Bonchev–Trinajstić information content (AvgIpc) is 3.40. The molecule has 4 aromatic rings. The number of nitrogens with one attached hydrogen (secondary N) is 4. The summed E-state index contributed by atoms with van der Waals surface area (Å²) >= 11 is 0. The van der Waals surface area contributed by atoms with Crippen molar-refractivity contribution < 1.29 is 24.2 Å². The number of hydrogen-bond donors (Lipinski definition) is 5. The highest BCUT2D eigenvalue weighted by molar-refractivity contribution is 6.07. The predicted molar refractivity (Wildman–Crippen MR) is 162 cm³/mol. The number of para-hydroxylation sites is 1. The lowest BCUT2D eigenvalue weighted by atomic mass is 9.87. The summed E-state index contributed by atoms with van der Waals surface area (Å²) in [5, 5.41) is 32.9. The number of azo groups is 1. The molecule has 4 aromatic carbocycles. The Labute approximate surface area is 247 Å². The van der Waals surface area contributed by atoms with Crippen LogP contribution in [0, 0.1) is 0 Å². The van der Waals surface area contributed by atoms with E-state index in [0.717, 1.165) is 6.42 Å². The van der Waals surface area contributed by atoms with Crippen molar-refractivity contribution in [1.82, 2.24) is 16.0 Å². The maximum absolute atomic E-state index is 13.4. The third kappa shape index (κ3) is 5.82. The number of amides is 4. The molecule has 2 aliphatic rings. The van der Waals surface area contributed by atoms with E-state index in [1.54, 1.807) is 42.5 Å². The van der Waals surface area contributed by atoms with Crippen LogP contribution in [-0.2, 0) is 0 Å². The van der Waals surface area contributed by atoms with Crippen molar-refractivity contribution in [2.45, 2.75) is 37.4 Å². The van der Waals surface area contributed by atoms with Gasteiger partial charge in [0.2, 0.25) is 0 Å². The van der Waals surface area contributed by atoms with Gasteiger partial charge in [0.25, 0.3) is 11.8 Å². The molecule has 1 heterocycles. The lowest BCUT2D eigenvalue weighted by Crippen LogP contribution is -2.47. The zero-order chi connectivity index (χ0) is 29.9. The van der Waals surface area contributed by atoms with Gasteiger partial charge in [-0.25, -0.2) is 4.79 Å². The Bertz CT molecular complexity index is 1740. The lowest BCUT2D eigenvalue weighted by molar-refractivity contribution is 0.0919. The Morgan fingerprint density at radius 3 is 2.49 bits per heavy atom. The maximum atomic E-state index is 13.4. The highest BCUT2D eigenvalue weighted by atomic mass is 16.5. The molecule has 2 fully saturated rings. The van der Waals surface area contributed by atoms with Gasteiger partial charge >= 0.3 is 6.03 Å². The van der Waals surface area contributed by atoms with Crippen LogP contribution in [0.25, 0.3) is 10.8 Å². The van der Waals surface area contributed by atoms with Crippen molar-refractivity contribution in [3.63, 3.8) is 0 Å². The molecule has 218 valence electrons. The van der Waals surface area contributed by atoms with Gasteiger partial charge in [-0.2, -0.15) is 0 Å². The summed E-state index contributed by atoms with van der Waals surface area (Å²) in [5.41, 5.74) is 1.57. The smallest absolute Gasteiger partial charge is 0.315 e. The Hall–Kier alpha value is -5.45.